The van der Waals surface area contributed by atoms with Crippen molar-refractivity contribution < 1.29 is 67.6 Å². The van der Waals surface area contributed by atoms with E-state index in [9.17, 15) is 29.4 Å². The highest BCUT2D eigenvalue weighted by Crippen LogP contribution is 2.35. The maximum atomic E-state index is 15.6. The molecule has 14 rings (SSSR count). The lowest BCUT2D eigenvalue weighted by molar-refractivity contribution is -0.145. The molecule has 6 aliphatic rings. The number of rotatable bonds is 14. The highest BCUT2D eigenvalue weighted by molar-refractivity contribution is 5.99. The van der Waals surface area contributed by atoms with Crippen molar-refractivity contribution in [2.45, 2.75) is 180 Å². The Kier molecular flexibility index (Phi) is 24.7. The van der Waals surface area contributed by atoms with Crippen molar-refractivity contribution in [2.24, 2.45) is 10.8 Å². The third-order valence-electron chi connectivity index (χ3n) is 20.6. The SMILES string of the molecule is CNC(C)C(=O)NC(C(=O)N1CCC2C1C(=O)NC(Cc1ccc3ccccc3c1)C(=O)NC(C(=O)O)Cc1ccc(cc1)OCc1cn(nn1)C1CCN(C(=O)C(NC(=O)C(C)NC)C(C)(C)C)C1C(=O)NC(Cc1ccc3ccccc3c1)C(=O)NC(C(=O)O)Cc1ccc(cc1)OCc1cn2nn1)C(C)(C)C. The Morgan fingerprint density at radius 2 is 0.864 bits per heavy atom. The second-order valence-electron chi connectivity index (χ2n) is 30.6. The summed E-state index contributed by atoms with van der Waals surface area (Å²) in [5.41, 5.74) is 1.01. The number of benzene rings is 6. The maximum absolute atomic E-state index is 15.6. The van der Waals surface area contributed by atoms with Gasteiger partial charge in [0.25, 0.3) is 0 Å². The van der Waals surface area contributed by atoms with E-state index in [0.717, 1.165) is 21.5 Å². The van der Waals surface area contributed by atoms with E-state index in [2.05, 4.69) is 63.2 Å². The quantitative estimate of drug-likeness (QED) is 0.0726. The minimum Gasteiger partial charge on any atom is -0.487 e. The number of aromatic nitrogens is 6. The van der Waals surface area contributed by atoms with E-state index >= 15 is 28.8 Å². The van der Waals surface area contributed by atoms with E-state index < -0.39 is 143 Å². The van der Waals surface area contributed by atoms with Crippen LogP contribution in [0, 0.1) is 10.8 Å². The Morgan fingerprint density at radius 1 is 0.500 bits per heavy atom. The lowest BCUT2D eigenvalue weighted by Gasteiger charge is -2.37. The number of nitrogens with one attached hydrogen (secondary N) is 8. The van der Waals surface area contributed by atoms with Crippen molar-refractivity contribution in [2.75, 3.05) is 27.2 Å². The van der Waals surface area contributed by atoms with Crippen molar-refractivity contribution >= 4 is 80.7 Å². The third-order valence-corrected chi connectivity index (χ3v) is 20.6. The zero-order valence-corrected chi connectivity index (χ0v) is 63.2. The van der Waals surface area contributed by atoms with Crippen molar-refractivity contribution in [1.29, 1.82) is 0 Å². The van der Waals surface area contributed by atoms with Gasteiger partial charge in [-0.05, 0) is 120 Å². The van der Waals surface area contributed by atoms with Crippen molar-refractivity contribution in [1.82, 2.24) is 82.3 Å². The van der Waals surface area contributed by atoms with E-state index in [-0.39, 0.29) is 64.8 Å². The van der Waals surface area contributed by atoms with Gasteiger partial charge in [0.2, 0.25) is 47.3 Å². The van der Waals surface area contributed by atoms with Gasteiger partial charge in [0.1, 0.15) is 84.4 Å². The van der Waals surface area contributed by atoms with Gasteiger partial charge in [0.15, 0.2) is 0 Å². The van der Waals surface area contributed by atoms with Crippen LogP contribution < -0.4 is 52.0 Å². The van der Waals surface area contributed by atoms with Crippen LogP contribution in [0.3, 0.4) is 0 Å². The number of nitrogens with zero attached hydrogens (tertiary/aromatic N) is 8. The third kappa shape index (κ3) is 19.1. The Balaban J connectivity index is 0.941. The van der Waals surface area contributed by atoms with Gasteiger partial charge in [-0.3, -0.25) is 38.4 Å². The number of likely N-dealkylation sites (tertiary alicyclic amines) is 2. The molecule has 2 fully saturated rings. The van der Waals surface area contributed by atoms with Crippen LogP contribution in [0.4, 0.5) is 0 Å². The highest BCUT2D eigenvalue weighted by Gasteiger charge is 2.51. The first kappa shape index (κ1) is 79.4. The van der Waals surface area contributed by atoms with Gasteiger partial charge in [0.05, 0.1) is 36.6 Å². The van der Waals surface area contributed by atoms with Gasteiger partial charge >= 0.3 is 11.9 Å². The summed E-state index contributed by atoms with van der Waals surface area (Å²) in [4.78, 5) is 148. The van der Waals surface area contributed by atoms with Gasteiger partial charge in [-0.2, -0.15) is 0 Å². The smallest absolute Gasteiger partial charge is 0.326 e. The van der Waals surface area contributed by atoms with Gasteiger partial charge in [-0.1, -0.05) is 161 Å². The minimum atomic E-state index is -1.54. The molecule has 6 aliphatic heterocycles. The first-order valence-electron chi connectivity index (χ1n) is 36.9. The van der Waals surface area contributed by atoms with Crippen LogP contribution in [0.25, 0.3) is 21.5 Å². The molecule has 110 heavy (non-hydrogen) atoms. The van der Waals surface area contributed by atoms with E-state index in [1.165, 1.54) is 19.2 Å². The molecular formula is C80H96N16O14. The van der Waals surface area contributed by atoms with Crippen LogP contribution >= 0.6 is 0 Å². The average Bonchev–Trinajstić information content (AvgIpc) is 1.62. The summed E-state index contributed by atoms with van der Waals surface area (Å²) in [6.45, 7) is 13.7. The van der Waals surface area contributed by atoms with Gasteiger partial charge < -0.3 is 72.0 Å². The second kappa shape index (κ2) is 34.3. The molecule has 8 aromatic rings. The molecule has 2 aromatic heterocycles. The number of amides is 8. The van der Waals surface area contributed by atoms with Gasteiger partial charge in [-0.25, -0.2) is 19.0 Å². The molecule has 8 heterocycles. The van der Waals surface area contributed by atoms with Gasteiger partial charge in [-0.15, -0.1) is 10.2 Å². The first-order valence-corrected chi connectivity index (χ1v) is 36.9. The number of likely N-dealkylation sites (N-methyl/N-ethyl adjacent to an activating group) is 2. The molecule has 0 radical (unpaired) electrons. The number of fused-ring (bicyclic) bond motifs is 2. The summed E-state index contributed by atoms with van der Waals surface area (Å²) in [6, 6.07) is 24.9. The normalized spacial score (nSPS) is 21.7. The number of ether oxygens (including phenoxy) is 2. The van der Waals surface area contributed by atoms with Crippen molar-refractivity contribution in [3.63, 3.8) is 0 Å². The minimum absolute atomic E-state index is 0.00483. The van der Waals surface area contributed by atoms with Crippen molar-refractivity contribution in [3.05, 3.63) is 179 Å². The first-order chi connectivity index (χ1) is 52.4. The summed E-state index contributed by atoms with van der Waals surface area (Å²) in [6.07, 6.45) is 2.74. The molecule has 10 N–H and O–H groups in total. The van der Waals surface area contributed by atoms with Gasteiger partial charge in [0, 0.05) is 38.8 Å². The Labute approximate surface area is 636 Å². The molecule has 30 heteroatoms. The topological polar surface area (TPSA) is 394 Å². The summed E-state index contributed by atoms with van der Waals surface area (Å²) in [5.74, 6) is -7.42. The average molecular weight is 1510 g/mol. The summed E-state index contributed by atoms with van der Waals surface area (Å²) in [5, 5.41) is 65.7. The highest BCUT2D eigenvalue weighted by atomic mass is 16.5. The number of carboxylic acids is 2. The number of carboxylic acid groups (broad SMARTS) is 2. The fourth-order valence-corrected chi connectivity index (χ4v) is 14.1. The molecule has 0 saturated carbocycles. The molecule has 8 amide bonds. The van der Waals surface area contributed by atoms with E-state index in [1.807, 2.05) is 84.9 Å². The van der Waals surface area contributed by atoms with Crippen LogP contribution in [0.15, 0.2) is 146 Å². The Bertz CT molecular complexity index is 4410. The molecule has 12 atom stereocenters. The second-order valence-corrected chi connectivity index (χ2v) is 30.6. The zero-order valence-electron chi connectivity index (χ0n) is 63.2. The van der Waals surface area contributed by atoms with Crippen LogP contribution in [-0.4, -0.2) is 197 Å². The van der Waals surface area contributed by atoms with Crippen LogP contribution in [0.2, 0.25) is 0 Å². The van der Waals surface area contributed by atoms with E-state index in [0.29, 0.717) is 45.1 Å². The Hall–Kier alpha value is -11.7. The summed E-state index contributed by atoms with van der Waals surface area (Å²) >= 11 is 0. The maximum Gasteiger partial charge on any atom is 0.326 e. The van der Waals surface area contributed by atoms with E-state index in [4.69, 9.17) is 9.47 Å². The predicted octanol–water partition coefficient (Wildman–Crippen LogP) is 4.29. The van der Waals surface area contributed by atoms with Crippen LogP contribution in [0.1, 0.15) is 114 Å². The lowest BCUT2D eigenvalue weighted by atomic mass is 9.85. The molecule has 0 spiro atoms. The molecule has 8 bridgehead atoms. The number of hydrogen-bond acceptors (Lipinski definition) is 18. The number of aliphatic carboxylic acids is 2. The predicted molar refractivity (Wildman–Crippen MR) is 405 cm³/mol. The molecule has 2 saturated heterocycles. The summed E-state index contributed by atoms with van der Waals surface area (Å²) < 4.78 is 15.3. The van der Waals surface area contributed by atoms with Crippen molar-refractivity contribution in [3.8, 4) is 11.5 Å². The summed E-state index contributed by atoms with van der Waals surface area (Å²) in [7, 11) is 3.22. The molecule has 0 aliphatic carbocycles. The van der Waals surface area contributed by atoms with Crippen LogP contribution in [0.5, 0.6) is 11.5 Å². The number of hydrogen-bond donors (Lipinski definition) is 10. The number of carbonyl (C=O) groups is 10. The molecule has 580 valence electrons. The van der Waals surface area contributed by atoms with E-state index in [1.54, 1.807) is 130 Å². The molecule has 6 aromatic carbocycles. The fraction of sp³-hybridized carbons (Fsp3) is 0.425. The fourth-order valence-electron chi connectivity index (χ4n) is 14.1. The lowest BCUT2D eigenvalue weighted by Crippen LogP contribution is -2.61. The molecule has 12 unspecified atom stereocenters. The standard InChI is InChI=1S/C80H96N16O14/c1-45(81-9)69(97)87-67(79(3,4)5)75(103)93-33-31-63-65(93)73(101)83-59(39-49-19-25-51-15-11-13-17-53(51)35-49)71(99)85-61(77(105)106)37-47-23-29-58(30-24-47)110-44-56-42-96(92-90-56)64-32-34-94(76(104)68(80(6,7)8)88-70(98)46(2)82-10)66(64)74(102)84-60(40-50-20-26-52-16-12-14-18-54(52)36-50)72(100)86-62(78(107)108)38-48-21-27-57(28-22-48)109-43-55-41-95(63)91-89-55/h11-30,35-36,41-42,45-46,59-68,81-82H,31-34,37-40,43-44H2,1-10H3,(H,83,101)(H,84,102)(H,85,99)(H,86,100)(H,87,97)(H,88,98)(H,105,106)(H,107,108). The largest absolute Gasteiger partial charge is 0.487 e. The number of carbonyl (C=O) groups excluding carboxylic acids is 8. The Morgan fingerprint density at radius 3 is 1.21 bits per heavy atom. The van der Waals surface area contributed by atoms with Crippen LogP contribution in [-0.2, 0) is 86.8 Å². The molecular weight excluding hydrogens is 1410 g/mol. The molecule has 30 nitrogen and oxygen atoms in total. The monoisotopic (exact) mass is 1500 g/mol. The zero-order chi connectivity index (χ0) is 78.9.